The van der Waals surface area contributed by atoms with Crippen LogP contribution in [-0.2, 0) is 24.2 Å². The van der Waals surface area contributed by atoms with Crippen LogP contribution in [-0.4, -0.2) is 69.1 Å². The first-order valence-electron chi connectivity index (χ1n) is 12.0. The molecular weight excluding hydrogens is 524 g/mol. The lowest BCUT2D eigenvalue weighted by Gasteiger charge is -2.39. The predicted octanol–water partition coefficient (Wildman–Crippen LogP) is 2.21. The number of aromatic carboxylic acids is 1. The van der Waals surface area contributed by atoms with Gasteiger partial charge in [0, 0.05) is 6.20 Å². The highest BCUT2D eigenvalue weighted by Crippen LogP contribution is 2.49. The standard InChI is InChI=1S/C28H24N2O8S/c1-28(16-31)23(27(35)38-22(17-8-4-2-5-9-17)18-10-6-3-7-11-18)30-24(32)21(25(30)39(28,36)37)15-20-14-19(26(33)34)12-13-29-20/h2-15,22-23,25,31H,16H2,1H3,(H,33,34)/t23-,25+,28-/m0/s1. The van der Waals surface area contributed by atoms with Crippen LogP contribution < -0.4 is 0 Å². The first-order chi connectivity index (χ1) is 18.6. The van der Waals surface area contributed by atoms with Crippen molar-refractivity contribution in [3.05, 3.63) is 107 Å². The second-order valence-corrected chi connectivity index (χ2v) is 12.0. The summed E-state index contributed by atoms with van der Waals surface area (Å²) in [6.45, 7) is 0.275. The Kier molecular flexibility index (Phi) is 6.57. The first kappa shape index (κ1) is 26.3. The van der Waals surface area contributed by atoms with E-state index in [0.717, 1.165) is 4.90 Å². The van der Waals surface area contributed by atoms with E-state index in [4.69, 9.17) is 4.74 Å². The topological polar surface area (TPSA) is 151 Å². The maximum atomic E-state index is 13.7. The van der Waals surface area contributed by atoms with E-state index in [1.165, 1.54) is 31.3 Å². The van der Waals surface area contributed by atoms with Crippen molar-refractivity contribution >= 4 is 33.8 Å². The molecule has 2 aliphatic heterocycles. The Labute approximate surface area is 224 Å². The SMILES string of the molecule is C[C@]1(CO)[C@H](C(=O)OC(c2ccccc2)c2ccccc2)N2C(=O)C(=Cc3cc(C(=O)O)ccn3)[C@H]2S1(=O)=O. The van der Waals surface area contributed by atoms with Crippen molar-refractivity contribution in [2.75, 3.05) is 6.61 Å². The number of rotatable bonds is 7. The molecule has 2 fully saturated rings. The number of esters is 1. The number of benzene rings is 2. The molecule has 1 aromatic heterocycles. The monoisotopic (exact) mass is 548 g/mol. The molecule has 200 valence electrons. The Morgan fingerprint density at radius 2 is 1.67 bits per heavy atom. The lowest BCUT2D eigenvalue weighted by atomic mass is 9.94. The summed E-state index contributed by atoms with van der Waals surface area (Å²) in [6.07, 6.45) is 1.53. The van der Waals surface area contributed by atoms with Gasteiger partial charge in [-0.1, -0.05) is 60.7 Å². The van der Waals surface area contributed by atoms with Gasteiger partial charge in [-0.05, 0) is 36.3 Å². The van der Waals surface area contributed by atoms with Crippen molar-refractivity contribution in [3.8, 4) is 0 Å². The minimum absolute atomic E-state index is 0.0676. The number of aromatic nitrogens is 1. The van der Waals surface area contributed by atoms with Crippen molar-refractivity contribution in [2.45, 2.75) is 29.2 Å². The van der Waals surface area contributed by atoms with Crippen LogP contribution in [0.2, 0.25) is 0 Å². The summed E-state index contributed by atoms with van der Waals surface area (Å²) < 4.78 is 31.1. The summed E-state index contributed by atoms with van der Waals surface area (Å²) in [4.78, 5) is 43.2. The van der Waals surface area contributed by atoms with E-state index < -0.39 is 56.6 Å². The molecule has 10 nitrogen and oxygen atoms in total. The Hall–Kier alpha value is -4.35. The Balaban J connectivity index is 1.52. The Bertz CT molecular complexity index is 1550. The smallest absolute Gasteiger partial charge is 0.335 e. The van der Waals surface area contributed by atoms with Gasteiger partial charge in [-0.25, -0.2) is 18.0 Å². The summed E-state index contributed by atoms with van der Waals surface area (Å²) in [6, 6.07) is 18.6. The van der Waals surface area contributed by atoms with E-state index in [2.05, 4.69) is 4.98 Å². The highest BCUT2D eigenvalue weighted by atomic mass is 32.2. The molecule has 3 atom stereocenters. The number of hydrogen-bond acceptors (Lipinski definition) is 8. The zero-order chi connectivity index (χ0) is 27.9. The van der Waals surface area contributed by atoms with Gasteiger partial charge in [0.2, 0.25) is 0 Å². The number of nitrogens with zero attached hydrogens (tertiary/aromatic N) is 2. The van der Waals surface area contributed by atoms with Gasteiger partial charge in [0.25, 0.3) is 5.91 Å². The van der Waals surface area contributed by atoms with Gasteiger partial charge in [-0.2, -0.15) is 0 Å². The van der Waals surface area contributed by atoms with Crippen molar-refractivity contribution < 1.29 is 37.8 Å². The van der Waals surface area contributed by atoms with Gasteiger partial charge < -0.3 is 19.8 Å². The number of carboxylic acid groups (broad SMARTS) is 1. The number of amides is 1. The molecule has 2 aromatic carbocycles. The maximum Gasteiger partial charge on any atom is 0.335 e. The Morgan fingerprint density at radius 3 is 2.21 bits per heavy atom. The third-order valence-electron chi connectivity index (χ3n) is 7.11. The molecule has 3 heterocycles. The molecule has 0 spiro atoms. The molecule has 1 amide bonds. The number of aliphatic hydroxyl groups is 1. The molecule has 11 heteroatoms. The lowest BCUT2D eigenvalue weighted by molar-refractivity contribution is -0.161. The molecule has 0 saturated carbocycles. The fraction of sp³-hybridized carbons (Fsp3) is 0.214. The predicted molar refractivity (Wildman–Crippen MR) is 139 cm³/mol. The number of β-lactam (4-membered cyclic amide) rings is 1. The molecule has 0 radical (unpaired) electrons. The normalized spacial score (nSPS) is 24.3. The zero-order valence-corrected chi connectivity index (χ0v) is 21.5. The van der Waals surface area contributed by atoms with Gasteiger partial charge in [0.1, 0.15) is 4.75 Å². The molecule has 2 saturated heterocycles. The highest BCUT2D eigenvalue weighted by Gasteiger charge is 2.72. The Morgan fingerprint density at radius 1 is 1.08 bits per heavy atom. The van der Waals surface area contributed by atoms with Crippen LogP contribution in [0.3, 0.4) is 0 Å². The quantitative estimate of drug-likeness (QED) is 0.257. The largest absolute Gasteiger partial charge is 0.478 e. The van der Waals surface area contributed by atoms with Gasteiger partial charge in [-0.15, -0.1) is 0 Å². The molecule has 2 N–H and O–H groups in total. The number of carboxylic acids is 1. The molecule has 5 rings (SSSR count). The van der Waals surface area contributed by atoms with Gasteiger partial charge in [-0.3, -0.25) is 9.78 Å². The number of sulfone groups is 1. The fourth-order valence-electron chi connectivity index (χ4n) is 4.98. The number of aliphatic hydroxyl groups excluding tert-OH is 1. The molecular formula is C28H24N2O8S. The summed E-state index contributed by atoms with van der Waals surface area (Å²) in [7, 11) is -4.32. The van der Waals surface area contributed by atoms with Gasteiger partial charge in [0.15, 0.2) is 27.4 Å². The number of carbonyl (C=O) groups is 3. The number of hydrogen-bond donors (Lipinski definition) is 2. The average molecular weight is 549 g/mol. The second kappa shape index (κ2) is 9.75. The van der Waals surface area contributed by atoms with E-state index in [9.17, 15) is 33.0 Å². The van der Waals surface area contributed by atoms with Crippen molar-refractivity contribution in [1.29, 1.82) is 0 Å². The molecule has 2 aliphatic rings. The number of fused-ring (bicyclic) bond motifs is 1. The van der Waals surface area contributed by atoms with Crippen LogP contribution in [0.4, 0.5) is 0 Å². The minimum Gasteiger partial charge on any atom is -0.478 e. The summed E-state index contributed by atoms with van der Waals surface area (Å²) in [5.41, 5.74) is 1.07. The molecule has 3 aromatic rings. The van der Waals surface area contributed by atoms with Crippen molar-refractivity contribution in [1.82, 2.24) is 9.88 Å². The van der Waals surface area contributed by atoms with Crippen LogP contribution in [0.15, 0.2) is 84.6 Å². The highest BCUT2D eigenvalue weighted by molar-refractivity contribution is 7.94. The second-order valence-electron chi connectivity index (χ2n) is 9.50. The van der Waals surface area contributed by atoms with Gasteiger partial charge >= 0.3 is 11.9 Å². The fourth-order valence-corrected chi connectivity index (χ4v) is 7.21. The average Bonchev–Trinajstić information content (AvgIpc) is 3.11. The first-order valence-corrected chi connectivity index (χ1v) is 13.5. The molecule has 0 unspecified atom stereocenters. The minimum atomic E-state index is -4.32. The van der Waals surface area contributed by atoms with Crippen LogP contribution in [0.1, 0.15) is 40.2 Å². The third-order valence-corrected chi connectivity index (χ3v) is 9.83. The molecule has 0 aliphatic carbocycles. The maximum absolute atomic E-state index is 13.7. The van der Waals surface area contributed by atoms with E-state index in [0.29, 0.717) is 11.1 Å². The van der Waals surface area contributed by atoms with Crippen LogP contribution in [0, 0.1) is 0 Å². The summed E-state index contributed by atoms with van der Waals surface area (Å²) in [5.74, 6) is -2.94. The summed E-state index contributed by atoms with van der Waals surface area (Å²) in [5, 5.41) is 18.0. The van der Waals surface area contributed by atoms with Crippen molar-refractivity contribution in [2.24, 2.45) is 0 Å². The number of ether oxygens (including phenoxy) is 1. The molecule has 0 bridgehead atoms. The molecule has 39 heavy (non-hydrogen) atoms. The van der Waals surface area contributed by atoms with E-state index in [1.807, 2.05) is 0 Å². The van der Waals surface area contributed by atoms with Crippen molar-refractivity contribution in [3.63, 3.8) is 0 Å². The number of carbonyl (C=O) groups excluding carboxylic acids is 2. The zero-order valence-electron chi connectivity index (χ0n) is 20.7. The van der Waals surface area contributed by atoms with Crippen LogP contribution in [0.5, 0.6) is 0 Å². The van der Waals surface area contributed by atoms with Crippen LogP contribution in [0.25, 0.3) is 6.08 Å². The lowest BCUT2D eigenvalue weighted by Crippen LogP contribution is -2.60. The third kappa shape index (κ3) is 4.19. The van der Waals surface area contributed by atoms with Crippen LogP contribution >= 0.6 is 0 Å². The van der Waals surface area contributed by atoms with E-state index in [-0.39, 0.29) is 16.8 Å². The summed E-state index contributed by atoms with van der Waals surface area (Å²) >= 11 is 0. The van der Waals surface area contributed by atoms with Gasteiger partial charge in [0.05, 0.1) is 23.4 Å². The van der Waals surface area contributed by atoms with E-state index in [1.54, 1.807) is 60.7 Å². The number of pyridine rings is 1. The van der Waals surface area contributed by atoms with E-state index >= 15 is 0 Å².